The van der Waals surface area contributed by atoms with E-state index in [2.05, 4.69) is 9.97 Å². The van der Waals surface area contributed by atoms with Crippen molar-refractivity contribution >= 4 is 11.7 Å². The number of ether oxygens (including phenoxy) is 2. The molecule has 1 aliphatic rings. The van der Waals surface area contributed by atoms with Gasteiger partial charge >= 0.3 is 0 Å². The first-order valence-corrected chi connectivity index (χ1v) is 8.20. The lowest BCUT2D eigenvalue weighted by Crippen LogP contribution is -2.44. The third-order valence-electron chi connectivity index (χ3n) is 3.96. The Balaban J connectivity index is 1.60. The maximum Gasteiger partial charge on any atom is 0.260 e. The van der Waals surface area contributed by atoms with Crippen molar-refractivity contribution < 1.29 is 14.3 Å². The number of anilines is 1. The molecule has 3 heterocycles. The number of carbonyl (C=O) groups excluding carboxylic acids is 1. The van der Waals surface area contributed by atoms with Gasteiger partial charge in [-0.1, -0.05) is 6.07 Å². The third kappa shape index (κ3) is 4.45. The molecule has 0 bridgehead atoms. The molecule has 25 heavy (non-hydrogen) atoms. The fraction of sp³-hybridized carbons (Fsp3) is 0.389. The molecule has 0 saturated carbocycles. The predicted octanol–water partition coefficient (Wildman–Crippen LogP) is 1.52. The molecule has 1 fully saturated rings. The van der Waals surface area contributed by atoms with Crippen LogP contribution in [0.1, 0.15) is 11.8 Å². The number of hydrogen-bond acceptors (Lipinski definition) is 6. The van der Waals surface area contributed by atoms with Crippen molar-refractivity contribution in [1.82, 2.24) is 14.9 Å². The summed E-state index contributed by atoms with van der Waals surface area (Å²) in [5.41, 5.74) is 0.830. The number of aromatic nitrogens is 2. The van der Waals surface area contributed by atoms with Crippen LogP contribution in [0.4, 0.5) is 5.82 Å². The summed E-state index contributed by atoms with van der Waals surface area (Å²) in [7, 11) is 3.89. The Morgan fingerprint density at radius 1 is 1.36 bits per heavy atom. The highest BCUT2D eigenvalue weighted by atomic mass is 16.5. The van der Waals surface area contributed by atoms with Crippen LogP contribution in [0, 0.1) is 0 Å². The molecule has 7 heteroatoms. The standard InChI is InChI=1S/C18H22N4O3/c1-21(2)17-7-3-6-15(20-17)16-12-22(9-10-24-16)18(23)13-25-14-5-4-8-19-11-14/h3-8,11,16H,9-10,12-13H2,1-2H3/t16-/m0/s1. The van der Waals surface area contributed by atoms with Gasteiger partial charge in [0.2, 0.25) is 0 Å². The second-order valence-electron chi connectivity index (χ2n) is 5.99. The zero-order chi connectivity index (χ0) is 17.6. The maximum atomic E-state index is 12.4. The SMILES string of the molecule is CN(C)c1cccc([C@@H]2CN(C(=O)COc3cccnc3)CCO2)n1. The van der Waals surface area contributed by atoms with E-state index in [1.807, 2.05) is 37.2 Å². The Labute approximate surface area is 147 Å². The van der Waals surface area contributed by atoms with Crippen LogP contribution < -0.4 is 9.64 Å². The van der Waals surface area contributed by atoms with Gasteiger partial charge in [-0.15, -0.1) is 0 Å². The average Bonchev–Trinajstić information content (AvgIpc) is 2.67. The van der Waals surface area contributed by atoms with Gasteiger partial charge in [-0.25, -0.2) is 4.98 Å². The van der Waals surface area contributed by atoms with Gasteiger partial charge in [0, 0.05) is 26.8 Å². The van der Waals surface area contributed by atoms with Crippen LogP contribution in [0.3, 0.4) is 0 Å². The van der Waals surface area contributed by atoms with Crippen LogP contribution in [0.5, 0.6) is 5.75 Å². The molecule has 0 unspecified atom stereocenters. The number of nitrogens with zero attached hydrogens (tertiary/aromatic N) is 4. The summed E-state index contributed by atoms with van der Waals surface area (Å²) in [4.78, 5) is 24.7. The molecule has 0 aromatic carbocycles. The van der Waals surface area contributed by atoms with E-state index >= 15 is 0 Å². The monoisotopic (exact) mass is 342 g/mol. The first-order valence-electron chi connectivity index (χ1n) is 8.20. The van der Waals surface area contributed by atoms with Gasteiger partial charge in [-0.3, -0.25) is 9.78 Å². The van der Waals surface area contributed by atoms with E-state index in [1.165, 1.54) is 0 Å². The second kappa shape index (κ2) is 7.94. The van der Waals surface area contributed by atoms with Gasteiger partial charge in [-0.05, 0) is 24.3 Å². The van der Waals surface area contributed by atoms with Crippen LogP contribution in [0.15, 0.2) is 42.7 Å². The van der Waals surface area contributed by atoms with Crippen molar-refractivity contribution in [2.45, 2.75) is 6.10 Å². The van der Waals surface area contributed by atoms with E-state index in [0.29, 0.717) is 25.4 Å². The highest BCUT2D eigenvalue weighted by Crippen LogP contribution is 2.22. The van der Waals surface area contributed by atoms with Crippen LogP contribution >= 0.6 is 0 Å². The van der Waals surface area contributed by atoms with Crippen molar-refractivity contribution in [3.05, 3.63) is 48.4 Å². The van der Waals surface area contributed by atoms with E-state index in [4.69, 9.17) is 9.47 Å². The van der Waals surface area contributed by atoms with Crippen LogP contribution in [0.25, 0.3) is 0 Å². The summed E-state index contributed by atoms with van der Waals surface area (Å²) in [6.45, 7) is 1.50. The molecule has 1 amide bonds. The molecular weight excluding hydrogens is 320 g/mol. The van der Waals surface area contributed by atoms with Crippen LogP contribution in [-0.4, -0.2) is 61.2 Å². The molecule has 2 aromatic rings. The van der Waals surface area contributed by atoms with Gasteiger partial charge in [0.05, 0.1) is 25.0 Å². The first kappa shape index (κ1) is 17.2. The van der Waals surface area contributed by atoms with E-state index in [9.17, 15) is 4.79 Å². The summed E-state index contributed by atoms with van der Waals surface area (Å²) < 4.78 is 11.3. The summed E-state index contributed by atoms with van der Waals surface area (Å²) in [6.07, 6.45) is 3.03. The zero-order valence-corrected chi connectivity index (χ0v) is 14.5. The Morgan fingerprint density at radius 2 is 2.24 bits per heavy atom. The van der Waals surface area contributed by atoms with Crippen LogP contribution in [0.2, 0.25) is 0 Å². The molecule has 1 aliphatic heterocycles. The van der Waals surface area contributed by atoms with E-state index in [1.54, 1.807) is 29.4 Å². The largest absolute Gasteiger partial charge is 0.482 e. The number of amides is 1. The molecule has 0 radical (unpaired) electrons. The van der Waals surface area contributed by atoms with Gasteiger partial charge in [0.15, 0.2) is 6.61 Å². The fourth-order valence-corrected chi connectivity index (χ4v) is 2.59. The van der Waals surface area contributed by atoms with Gasteiger partial charge in [0.25, 0.3) is 5.91 Å². The Kier molecular flexibility index (Phi) is 5.45. The van der Waals surface area contributed by atoms with Crippen molar-refractivity contribution in [3.63, 3.8) is 0 Å². The molecule has 0 spiro atoms. The molecule has 2 aromatic heterocycles. The average molecular weight is 342 g/mol. The highest BCUT2D eigenvalue weighted by Gasteiger charge is 2.26. The lowest BCUT2D eigenvalue weighted by atomic mass is 10.2. The van der Waals surface area contributed by atoms with Gasteiger partial charge < -0.3 is 19.3 Å². The minimum absolute atomic E-state index is 0.0103. The number of rotatable bonds is 5. The van der Waals surface area contributed by atoms with E-state index < -0.39 is 0 Å². The van der Waals surface area contributed by atoms with Crippen molar-refractivity contribution in [2.75, 3.05) is 45.3 Å². The molecule has 7 nitrogen and oxygen atoms in total. The van der Waals surface area contributed by atoms with Crippen molar-refractivity contribution in [1.29, 1.82) is 0 Å². The Hall–Kier alpha value is -2.67. The fourth-order valence-electron chi connectivity index (χ4n) is 2.59. The minimum Gasteiger partial charge on any atom is -0.482 e. The van der Waals surface area contributed by atoms with E-state index in [0.717, 1.165) is 11.5 Å². The quantitative estimate of drug-likeness (QED) is 0.821. The van der Waals surface area contributed by atoms with Gasteiger partial charge in [-0.2, -0.15) is 0 Å². The number of hydrogen-bond donors (Lipinski definition) is 0. The molecule has 0 aliphatic carbocycles. The van der Waals surface area contributed by atoms with Gasteiger partial charge in [0.1, 0.15) is 17.7 Å². The summed E-state index contributed by atoms with van der Waals surface area (Å²) >= 11 is 0. The lowest BCUT2D eigenvalue weighted by Gasteiger charge is -2.32. The normalized spacial score (nSPS) is 17.2. The maximum absolute atomic E-state index is 12.4. The van der Waals surface area contributed by atoms with Crippen molar-refractivity contribution in [2.24, 2.45) is 0 Å². The number of carbonyl (C=O) groups is 1. The molecule has 132 valence electrons. The zero-order valence-electron chi connectivity index (χ0n) is 14.5. The van der Waals surface area contributed by atoms with Crippen LogP contribution in [-0.2, 0) is 9.53 Å². The molecule has 1 saturated heterocycles. The smallest absolute Gasteiger partial charge is 0.260 e. The Bertz CT molecular complexity index is 708. The predicted molar refractivity (Wildman–Crippen MR) is 93.6 cm³/mol. The summed E-state index contributed by atoms with van der Waals surface area (Å²) in [5, 5.41) is 0. The minimum atomic E-state index is -0.226. The second-order valence-corrected chi connectivity index (χ2v) is 5.99. The third-order valence-corrected chi connectivity index (χ3v) is 3.96. The van der Waals surface area contributed by atoms with E-state index in [-0.39, 0.29) is 18.6 Å². The number of morpholine rings is 1. The number of pyridine rings is 2. The molecule has 1 atom stereocenters. The Morgan fingerprint density at radius 3 is 3.00 bits per heavy atom. The summed E-state index contributed by atoms with van der Waals surface area (Å²) in [5.74, 6) is 1.38. The lowest BCUT2D eigenvalue weighted by molar-refractivity contribution is -0.141. The van der Waals surface area contributed by atoms with Crippen molar-refractivity contribution in [3.8, 4) is 5.75 Å². The summed E-state index contributed by atoms with van der Waals surface area (Å²) in [6, 6.07) is 9.37. The topological polar surface area (TPSA) is 67.8 Å². The molecule has 0 N–H and O–H groups in total. The molecular formula is C18H22N4O3. The highest BCUT2D eigenvalue weighted by molar-refractivity contribution is 5.77. The first-order chi connectivity index (χ1) is 12.1. The molecule has 3 rings (SSSR count).